The van der Waals surface area contributed by atoms with Crippen molar-refractivity contribution in [1.29, 1.82) is 0 Å². The standard InChI is InChI=1S/C25H19N5OS/c31-22-14-20(13-16-10-11-17-6-4-5-9-19(17)12-16)23(18-7-2-1-3-8-18)25-30(22)21(15-32-25)24-26-28-29-27-24/h1-12,14,21H,13,15H2,(H,26,27,28,29)/t21-/m0/s1. The van der Waals surface area contributed by atoms with Crippen molar-refractivity contribution in [2.45, 2.75) is 17.5 Å². The van der Waals surface area contributed by atoms with E-state index in [2.05, 4.69) is 75.2 Å². The Morgan fingerprint density at radius 3 is 2.59 bits per heavy atom. The number of hydrogen-bond donors (Lipinski definition) is 1. The van der Waals surface area contributed by atoms with Crippen molar-refractivity contribution in [3.8, 4) is 11.1 Å². The van der Waals surface area contributed by atoms with E-state index in [0.717, 1.165) is 21.7 Å². The van der Waals surface area contributed by atoms with Gasteiger partial charge < -0.3 is 0 Å². The maximum absolute atomic E-state index is 13.3. The van der Waals surface area contributed by atoms with Crippen LogP contribution in [0.25, 0.3) is 21.9 Å². The summed E-state index contributed by atoms with van der Waals surface area (Å²) in [5.74, 6) is 1.32. The fourth-order valence-electron chi connectivity index (χ4n) is 4.45. The van der Waals surface area contributed by atoms with Crippen LogP contribution in [-0.2, 0) is 6.42 Å². The zero-order chi connectivity index (χ0) is 21.5. The fraction of sp³-hybridized carbons (Fsp3) is 0.120. The minimum absolute atomic E-state index is 0.0260. The Hall–Kier alpha value is -3.71. The minimum atomic E-state index is -0.199. The fourth-order valence-corrected chi connectivity index (χ4v) is 5.82. The maximum Gasteiger partial charge on any atom is 0.252 e. The molecule has 0 radical (unpaired) electrons. The molecule has 156 valence electrons. The van der Waals surface area contributed by atoms with E-state index in [9.17, 15) is 4.79 Å². The van der Waals surface area contributed by atoms with Crippen LogP contribution < -0.4 is 5.56 Å². The number of thioether (sulfide) groups is 1. The maximum atomic E-state index is 13.3. The number of fused-ring (bicyclic) bond motifs is 2. The molecule has 1 atom stereocenters. The summed E-state index contributed by atoms with van der Waals surface area (Å²) in [6.45, 7) is 0. The molecule has 0 saturated carbocycles. The van der Waals surface area contributed by atoms with E-state index in [1.807, 2.05) is 22.8 Å². The van der Waals surface area contributed by atoms with Crippen molar-refractivity contribution < 1.29 is 0 Å². The summed E-state index contributed by atoms with van der Waals surface area (Å²) in [6, 6.07) is 26.7. The first-order chi connectivity index (χ1) is 15.8. The molecule has 1 N–H and O–H groups in total. The molecule has 0 fully saturated rings. The van der Waals surface area contributed by atoms with Crippen molar-refractivity contribution >= 4 is 22.5 Å². The van der Waals surface area contributed by atoms with Crippen LogP contribution in [0.3, 0.4) is 0 Å². The van der Waals surface area contributed by atoms with Crippen LogP contribution in [0.1, 0.15) is 23.0 Å². The molecule has 3 aromatic carbocycles. The van der Waals surface area contributed by atoms with Crippen LogP contribution in [0.4, 0.5) is 0 Å². The van der Waals surface area contributed by atoms with Crippen LogP contribution >= 0.6 is 11.8 Å². The van der Waals surface area contributed by atoms with E-state index < -0.39 is 0 Å². The van der Waals surface area contributed by atoms with Gasteiger partial charge in [0.25, 0.3) is 5.56 Å². The lowest BCUT2D eigenvalue weighted by Crippen LogP contribution is -2.26. The van der Waals surface area contributed by atoms with Gasteiger partial charge >= 0.3 is 0 Å². The monoisotopic (exact) mass is 437 g/mol. The largest absolute Gasteiger partial charge is 0.291 e. The van der Waals surface area contributed by atoms with E-state index in [1.54, 1.807) is 17.8 Å². The number of pyridine rings is 1. The Bertz CT molecular complexity index is 1480. The summed E-state index contributed by atoms with van der Waals surface area (Å²) in [6.07, 6.45) is 0.688. The number of tetrazole rings is 1. The number of benzene rings is 3. The van der Waals surface area contributed by atoms with Crippen LogP contribution in [0, 0.1) is 0 Å². The molecule has 5 aromatic rings. The first-order valence-corrected chi connectivity index (χ1v) is 11.4. The molecule has 0 aliphatic carbocycles. The number of nitrogens with zero attached hydrogens (tertiary/aromatic N) is 4. The van der Waals surface area contributed by atoms with E-state index in [0.29, 0.717) is 18.0 Å². The van der Waals surface area contributed by atoms with Gasteiger partial charge in [-0.3, -0.25) is 9.36 Å². The number of aromatic nitrogens is 5. The number of nitrogens with one attached hydrogen (secondary N) is 1. The zero-order valence-corrected chi connectivity index (χ0v) is 17.9. The van der Waals surface area contributed by atoms with E-state index >= 15 is 0 Å². The quantitative estimate of drug-likeness (QED) is 0.449. The number of hydrogen-bond acceptors (Lipinski definition) is 5. The van der Waals surface area contributed by atoms with Gasteiger partial charge in [0.15, 0.2) is 5.82 Å². The van der Waals surface area contributed by atoms with E-state index in [4.69, 9.17) is 0 Å². The Morgan fingerprint density at radius 2 is 1.78 bits per heavy atom. The highest BCUT2D eigenvalue weighted by Gasteiger charge is 2.31. The first kappa shape index (κ1) is 19.0. The average Bonchev–Trinajstić information content (AvgIpc) is 3.50. The lowest BCUT2D eigenvalue weighted by molar-refractivity contribution is 0.566. The first-order valence-electron chi connectivity index (χ1n) is 10.5. The number of aromatic amines is 1. The Balaban J connectivity index is 1.52. The average molecular weight is 438 g/mol. The third-order valence-corrected chi connectivity index (χ3v) is 7.08. The zero-order valence-electron chi connectivity index (χ0n) is 17.1. The van der Waals surface area contributed by atoms with E-state index in [-0.39, 0.29) is 11.6 Å². The molecule has 32 heavy (non-hydrogen) atoms. The van der Waals surface area contributed by atoms with Crippen molar-refractivity contribution in [2.24, 2.45) is 0 Å². The van der Waals surface area contributed by atoms with Gasteiger partial charge in [-0.25, -0.2) is 5.10 Å². The van der Waals surface area contributed by atoms with Crippen molar-refractivity contribution in [2.75, 3.05) is 5.75 Å². The topological polar surface area (TPSA) is 76.5 Å². The van der Waals surface area contributed by atoms with Gasteiger partial charge in [-0.2, -0.15) is 0 Å². The summed E-state index contributed by atoms with van der Waals surface area (Å²) < 4.78 is 1.83. The smallest absolute Gasteiger partial charge is 0.252 e. The van der Waals surface area contributed by atoms with Gasteiger partial charge in [-0.05, 0) is 44.3 Å². The molecule has 1 aliphatic rings. The molecular formula is C25H19N5OS. The Kier molecular flexibility index (Phi) is 4.61. The third-order valence-electron chi connectivity index (χ3n) is 5.93. The molecule has 6 nitrogen and oxygen atoms in total. The molecular weight excluding hydrogens is 418 g/mol. The highest BCUT2D eigenvalue weighted by molar-refractivity contribution is 7.99. The van der Waals surface area contributed by atoms with Gasteiger partial charge in [0.1, 0.15) is 6.04 Å². The summed E-state index contributed by atoms with van der Waals surface area (Å²) in [5.41, 5.74) is 4.41. The normalized spacial score (nSPS) is 15.2. The Labute approximate surface area is 188 Å². The van der Waals surface area contributed by atoms with Gasteiger partial charge in [-0.1, -0.05) is 72.8 Å². The second-order valence-corrected chi connectivity index (χ2v) is 8.90. The predicted octanol–water partition coefficient (Wildman–Crippen LogP) is 4.47. The second-order valence-electron chi connectivity index (χ2n) is 7.90. The summed E-state index contributed by atoms with van der Waals surface area (Å²) >= 11 is 1.68. The van der Waals surface area contributed by atoms with Gasteiger partial charge in [0.05, 0.1) is 5.03 Å². The van der Waals surface area contributed by atoms with Crippen molar-refractivity contribution in [1.82, 2.24) is 25.2 Å². The van der Waals surface area contributed by atoms with Crippen LogP contribution in [0.5, 0.6) is 0 Å². The summed E-state index contributed by atoms with van der Waals surface area (Å²) in [4.78, 5) is 13.3. The second kappa shape index (κ2) is 7.76. The highest BCUT2D eigenvalue weighted by Crippen LogP contribution is 2.42. The third kappa shape index (κ3) is 3.22. The highest BCUT2D eigenvalue weighted by atomic mass is 32.2. The molecule has 2 aromatic heterocycles. The van der Waals surface area contributed by atoms with E-state index in [1.165, 1.54) is 16.3 Å². The summed E-state index contributed by atoms with van der Waals surface area (Å²) in [7, 11) is 0. The van der Waals surface area contributed by atoms with Crippen LogP contribution in [0.2, 0.25) is 0 Å². The summed E-state index contributed by atoms with van der Waals surface area (Å²) in [5, 5.41) is 17.7. The molecule has 0 spiro atoms. The SMILES string of the molecule is O=c1cc(Cc2ccc3ccccc3c2)c(-c2ccccc2)c2n1[C@H](c1nnn[nH]1)CS2. The van der Waals surface area contributed by atoms with Gasteiger partial charge in [0.2, 0.25) is 0 Å². The molecule has 0 unspecified atom stereocenters. The molecule has 7 heteroatoms. The Morgan fingerprint density at radius 1 is 0.969 bits per heavy atom. The number of H-pyrrole nitrogens is 1. The molecule has 1 aliphatic heterocycles. The van der Waals surface area contributed by atoms with Crippen LogP contribution in [-0.4, -0.2) is 30.9 Å². The lowest BCUT2D eigenvalue weighted by atomic mass is 9.95. The minimum Gasteiger partial charge on any atom is -0.291 e. The van der Waals surface area contributed by atoms with Gasteiger partial charge in [0, 0.05) is 17.4 Å². The van der Waals surface area contributed by atoms with Crippen LogP contribution in [0.15, 0.2) is 88.7 Å². The van der Waals surface area contributed by atoms with Gasteiger partial charge in [-0.15, -0.1) is 16.9 Å². The predicted molar refractivity (Wildman–Crippen MR) is 126 cm³/mol. The lowest BCUT2D eigenvalue weighted by Gasteiger charge is -2.17. The molecule has 0 amide bonds. The van der Waals surface area contributed by atoms with Crippen molar-refractivity contribution in [3.63, 3.8) is 0 Å². The molecule has 6 rings (SSSR count). The molecule has 3 heterocycles. The number of rotatable bonds is 4. The molecule has 0 bridgehead atoms. The van der Waals surface area contributed by atoms with Crippen molar-refractivity contribution in [3.05, 3.63) is 106 Å². The molecule has 0 saturated heterocycles.